The molecule has 0 saturated heterocycles. The summed E-state index contributed by atoms with van der Waals surface area (Å²) >= 11 is 2.88. The summed E-state index contributed by atoms with van der Waals surface area (Å²) < 4.78 is 31.6. The van der Waals surface area contributed by atoms with E-state index in [4.69, 9.17) is 4.74 Å². The monoisotopic (exact) mass is 262 g/mol. The van der Waals surface area contributed by atoms with Gasteiger partial charge in [0.2, 0.25) is 0 Å². The number of rotatable bonds is 2. The van der Waals surface area contributed by atoms with Gasteiger partial charge in [-0.15, -0.1) is 0 Å². The molecule has 1 nitrogen and oxygen atoms in total. The van der Waals surface area contributed by atoms with Crippen molar-refractivity contribution in [3.05, 3.63) is 27.7 Å². The molecule has 0 N–H and O–H groups in total. The largest absolute Gasteiger partial charge is 0.496 e. The van der Waals surface area contributed by atoms with Crippen molar-refractivity contribution in [3.8, 4) is 5.75 Å². The number of halogens is 3. The molecule has 76 valence electrons. The van der Waals surface area contributed by atoms with E-state index in [0.29, 0.717) is 11.3 Å². The average Bonchev–Trinajstić information content (AvgIpc) is 2.97. The molecule has 2 rings (SSSR count). The minimum absolute atomic E-state index is 0.0970. The van der Waals surface area contributed by atoms with Gasteiger partial charge in [-0.25, -0.2) is 8.78 Å². The molecule has 1 aromatic carbocycles. The summed E-state index contributed by atoms with van der Waals surface area (Å²) in [4.78, 5) is 0. The summed E-state index contributed by atoms with van der Waals surface area (Å²) in [5.74, 6) is -0.638. The molecule has 1 aliphatic carbocycles. The van der Waals surface area contributed by atoms with Gasteiger partial charge in [0.25, 0.3) is 0 Å². The Kier molecular flexibility index (Phi) is 2.47. The van der Waals surface area contributed by atoms with Gasteiger partial charge in [-0.3, -0.25) is 0 Å². The summed E-state index contributed by atoms with van der Waals surface area (Å²) in [7, 11) is 1.42. The fourth-order valence-corrected chi connectivity index (χ4v) is 1.84. The SMILES string of the molecule is COc1cc(F)c(Br)c(F)c1C1CC1. The molecule has 1 saturated carbocycles. The second kappa shape index (κ2) is 3.50. The third-order valence-corrected chi connectivity index (χ3v) is 3.09. The first-order valence-corrected chi connectivity index (χ1v) is 5.15. The maximum atomic E-state index is 13.6. The maximum Gasteiger partial charge on any atom is 0.147 e. The van der Waals surface area contributed by atoms with Gasteiger partial charge in [0.15, 0.2) is 0 Å². The first kappa shape index (κ1) is 9.90. The Bertz CT molecular complexity index is 375. The normalized spacial score (nSPS) is 15.7. The van der Waals surface area contributed by atoms with E-state index in [9.17, 15) is 8.78 Å². The van der Waals surface area contributed by atoms with E-state index in [1.165, 1.54) is 13.2 Å². The fraction of sp³-hybridized carbons (Fsp3) is 0.400. The summed E-state index contributed by atoms with van der Waals surface area (Å²) in [5, 5.41) is 0. The second-order valence-corrected chi connectivity index (χ2v) is 4.17. The molecule has 0 heterocycles. The van der Waals surface area contributed by atoms with Gasteiger partial charge >= 0.3 is 0 Å². The molecule has 1 fully saturated rings. The summed E-state index contributed by atoms with van der Waals surface area (Å²) in [6.07, 6.45) is 1.90. The Morgan fingerprint density at radius 2 is 2.07 bits per heavy atom. The van der Waals surface area contributed by atoms with E-state index >= 15 is 0 Å². The fourth-order valence-electron chi connectivity index (χ4n) is 1.51. The molecule has 0 unspecified atom stereocenters. The van der Waals surface area contributed by atoms with Gasteiger partial charge in [-0.1, -0.05) is 0 Å². The number of benzene rings is 1. The highest BCUT2D eigenvalue weighted by molar-refractivity contribution is 9.10. The molecule has 0 atom stereocenters. The topological polar surface area (TPSA) is 9.23 Å². The van der Waals surface area contributed by atoms with Crippen molar-refractivity contribution >= 4 is 15.9 Å². The maximum absolute atomic E-state index is 13.6. The number of methoxy groups -OCH3 is 1. The molecule has 4 heteroatoms. The molecule has 1 aromatic rings. The molecule has 14 heavy (non-hydrogen) atoms. The lowest BCUT2D eigenvalue weighted by molar-refractivity contribution is 0.399. The zero-order valence-corrected chi connectivity index (χ0v) is 9.20. The van der Waals surface area contributed by atoms with Crippen LogP contribution in [-0.4, -0.2) is 7.11 Å². The zero-order chi connectivity index (χ0) is 10.3. The van der Waals surface area contributed by atoms with Crippen LogP contribution in [0.15, 0.2) is 10.5 Å². The highest BCUT2D eigenvalue weighted by atomic mass is 79.9. The number of ether oxygens (including phenoxy) is 1. The molecule has 0 aromatic heterocycles. The van der Waals surface area contributed by atoms with E-state index in [1.54, 1.807) is 0 Å². The molecule has 1 aliphatic rings. The van der Waals surface area contributed by atoms with Crippen LogP contribution in [0.3, 0.4) is 0 Å². The van der Waals surface area contributed by atoms with Crippen molar-refractivity contribution in [3.63, 3.8) is 0 Å². The van der Waals surface area contributed by atoms with E-state index < -0.39 is 11.6 Å². The highest BCUT2D eigenvalue weighted by Crippen LogP contribution is 2.47. The van der Waals surface area contributed by atoms with Crippen LogP contribution in [-0.2, 0) is 0 Å². The molecule has 0 bridgehead atoms. The van der Waals surface area contributed by atoms with Crippen LogP contribution < -0.4 is 4.74 Å². The lowest BCUT2D eigenvalue weighted by atomic mass is 10.1. The van der Waals surface area contributed by atoms with Crippen LogP contribution in [0.4, 0.5) is 8.78 Å². The van der Waals surface area contributed by atoms with Crippen molar-refractivity contribution < 1.29 is 13.5 Å². The summed E-state index contributed by atoms with van der Waals surface area (Å²) in [5.41, 5.74) is 0.501. The predicted molar refractivity (Wildman–Crippen MR) is 52.6 cm³/mol. The van der Waals surface area contributed by atoms with Crippen molar-refractivity contribution in [2.24, 2.45) is 0 Å². The zero-order valence-electron chi connectivity index (χ0n) is 7.61. The first-order chi connectivity index (χ1) is 6.65. The standard InChI is InChI=1S/C10H9BrF2O/c1-14-7-4-6(12)9(11)10(13)8(7)5-2-3-5/h4-5H,2-3H2,1H3. The van der Waals surface area contributed by atoms with E-state index in [-0.39, 0.29) is 10.4 Å². The predicted octanol–water partition coefficient (Wildman–Crippen LogP) is 3.61. The highest BCUT2D eigenvalue weighted by Gasteiger charge is 2.32. The minimum atomic E-state index is -0.622. The minimum Gasteiger partial charge on any atom is -0.496 e. The lowest BCUT2D eigenvalue weighted by Gasteiger charge is -2.10. The number of hydrogen-bond donors (Lipinski definition) is 0. The summed E-state index contributed by atoms with van der Waals surface area (Å²) in [6.45, 7) is 0. The van der Waals surface area contributed by atoms with Gasteiger partial charge in [0.05, 0.1) is 11.6 Å². The lowest BCUT2D eigenvalue weighted by Crippen LogP contribution is -1.98. The van der Waals surface area contributed by atoms with Gasteiger partial charge < -0.3 is 4.74 Å². The van der Waals surface area contributed by atoms with Gasteiger partial charge in [-0.05, 0) is 34.7 Å². The van der Waals surface area contributed by atoms with Crippen LogP contribution in [0.25, 0.3) is 0 Å². The Hall–Kier alpha value is -0.640. The van der Waals surface area contributed by atoms with Gasteiger partial charge in [0.1, 0.15) is 17.4 Å². The smallest absolute Gasteiger partial charge is 0.147 e. The molecule has 0 aliphatic heterocycles. The second-order valence-electron chi connectivity index (χ2n) is 3.38. The Balaban J connectivity index is 2.59. The van der Waals surface area contributed by atoms with E-state index in [2.05, 4.69) is 15.9 Å². The van der Waals surface area contributed by atoms with Crippen LogP contribution in [0.2, 0.25) is 0 Å². The third-order valence-electron chi connectivity index (χ3n) is 2.37. The Morgan fingerprint density at radius 3 is 2.57 bits per heavy atom. The molecule has 0 spiro atoms. The van der Waals surface area contributed by atoms with Crippen LogP contribution >= 0.6 is 15.9 Å². The van der Waals surface area contributed by atoms with Crippen molar-refractivity contribution in [2.45, 2.75) is 18.8 Å². The van der Waals surface area contributed by atoms with Crippen molar-refractivity contribution in [2.75, 3.05) is 7.11 Å². The summed E-state index contributed by atoms with van der Waals surface area (Å²) in [6, 6.07) is 1.22. The molecular weight excluding hydrogens is 254 g/mol. The van der Waals surface area contributed by atoms with Crippen LogP contribution in [0.5, 0.6) is 5.75 Å². The van der Waals surface area contributed by atoms with Crippen molar-refractivity contribution in [1.82, 2.24) is 0 Å². The molecule has 0 radical (unpaired) electrons. The van der Waals surface area contributed by atoms with Crippen LogP contribution in [0, 0.1) is 11.6 Å². The Labute approximate surface area is 89.2 Å². The molecule has 0 amide bonds. The van der Waals surface area contributed by atoms with Gasteiger partial charge in [0, 0.05) is 11.6 Å². The number of hydrogen-bond acceptors (Lipinski definition) is 1. The Morgan fingerprint density at radius 1 is 1.43 bits per heavy atom. The average molecular weight is 263 g/mol. The van der Waals surface area contributed by atoms with Crippen molar-refractivity contribution in [1.29, 1.82) is 0 Å². The van der Waals surface area contributed by atoms with E-state index in [1.807, 2.05) is 0 Å². The van der Waals surface area contributed by atoms with E-state index in [0.717, 1.165) is 12.8 Å². The molecular formula is C10H9BrF2O. The van der Waals surface area contributed by atoms with Crippen LogP contribution in [0.1, 0.15) is 24.3 Å². The van der Waals surface area contributed by atoms with Gasteiger partial charge in [-0.2, -0.15) is 0 Å². The third kappa shape index (κ3) is 1.52. The quantitative estimate of drug-likeness (QED) is 0.740. The first-order valence-electron chi connectivity index (χ1n) is 4.36.